The molecule has 0 radical (unpaired) electrons. The van der Waals surface area contributed by atoms with E-state index in [0.29, 0.717) is 5.69 Å². The number of ether oxygens (including phenoxy) is 1. The average Bonchev–Trinajstić information content (AvgIpc) is 2.71. The van der Waals surface area contributed by atoms with Crippen molar-refractivity contribution in [3.8, 4) is 11.3 Å². The molecule has 3 nitrogen and oxygen atoms in total. The van der Waals surface area contributed by atoms with Gasteiger partial charge >= 0.3 is 5.97 Å². The third kappa shape index (κ3) is 2.13. The maximum absolute atomic E-state index is 11.5. The number of nitrogens with zero attached hydrogens (tertiary/aromatic N) is 1. The molecule has 1 aromatic carbocycles. The first-order chi connectivity index (χ1) is 8.15. The van der Waals surface area contributed by atoms with Crippen molar-refractivity contribution in [1.82, 2.24) is 4.57 Å². The molecule has 17 heavy (non-hydrogen) atoms. The Bertz CT molecular complexity index is 560. The van der Waals surface area contributed by atoms with Crippen LogP contribution in [0.1, 0.15) is 10.5 Å². The van der Waals surface area contributed by atoms with Crippen LogP contribution in [0, 0.1) is 0 Å². The second kappa shape index (κ2) is 4.75. The number of aromatic nitrogens is 1. The Morgan fingerprint density at radius 1 is 1.24 bits per heavy atom. The second-order valence-corrected chi connectivity index (χ2v) is 4.49. The van der Waals surface area contributed by atoms with Gasteiger partial charge in [0.2, 0.25) is 0 Å². The lowest BCUT2D eigenvalue weighted by molar-refractivity contribution is 0.0590. The lowest BCUT2D eigenvalue weighted by Gasteiger charge is -2.08. The van der Waals surface area contributed by atoms with Crippen LogP contribution in [-0.4, -0.2) is 17.6 Å². The molecule has 0 unspecified atom stereocenters. The molecule has 0 aliphatic carbocycles. The molecule has 0 atom stereocenters. The monoisotopic (exact) mass is 293 g/mol. The molecule has 0 saturated heterocycles. The van der Waals surface area contributed by atoms with Gasteiger partial charge in [-0.15, -0.1) is 0 Å². The van der Waals surface area contributed by atoms with Gasteiger partial charge in [-0.05, 0) is 18.2 Å². The molecule has 1 aromatic heterocycles. The highest BCUT2D eigenvalue weighted by Crippen LogP contribution is 2.29. The Balaban J connectivity index is 2.52. The van der Waals surface area contributed by atoms with E-state index in [9.17, 15) is 4.79 Å². The Morgan fingerprint density at radius 2 is 1.94 bits per heavy atom. The molecule has 88 valence electrons. The van der Waals surface area contributed by atoms with Crippen LogP contribution in [0.2, 0.25) is 0 Å². The molecule has 0 fully saturated rings. The van der Waals surface area contributed by atoms with Crippen molar-refractivity contribution in [2.75, 3.05) is 7.11 Å². The average molecular weight is 294 g/mol. The van der Waals surface area contributed by atoms with Crippen LogP contribution >= 0.6 is 15.9 Å². The van der Waals surface area contributed by atoms with Crippen LogP contribution in [0.4, 0.5) is 0 Å². The molecule has 0 aliphatic heterocycles. The van der Waals surface area contributed by atoms with E-state index in [1.807, 2.05) is 41.9 Å². The Kier molecular flexibility index (Phi) is 3.33. The van der Waals surface area contributed by atoms with Gasteiger partial charge in [0.1, 0.15) is 5.69 Å². The summed E-state index contributed by atoms with van der Waals surface area (Å²) in [5.41, 5.74) is 2.56. The van der Waals surface area contributed by atoms with Crippen LogP contribution in [0.25, 0.3) is 11.3 Å². The molecule has 0 aliphatic rings. The zero-order valence-electron chi connectivity index (χ0n) is 9.61. The molecule has 2 rings (SSSR count). The number of benzene rings is 1. The zero-order valence-corrected chi connectivity index (χ0v) is 11.2. The molecule has 0 N–H and O–H groups in total. The molecule has 4 heteroatoms. The van der Waals surface area contributed by atoms with Gasteiger partial charge in [-0.3, -0.25) is 0 Å². The number of carbonyl (C=O) groups excluding carboxylic acids is 1. The summed E-state index contributed by atoms with van der Waals surface area (Å²) in [6.45, 7) is 0. The predicted molar refractivity (Wildman–Crippen MR) is 69.9 cm³/mol. The first-order valence-corrected chi connectivity index (χ1v) is 5.93. The number of hydrogen-bond acceptors (Lipinski definition) is 2. The summed E-state index contributed by atoms with van der Waals surface area (Å²) in [4.78, 5) is 11.5. The molecule has 0 amide bonds. The quantitative estimate of drug-likeness (QED) is 0.796. The maximum atomic E-state index is 11.5. The minimum atomic E-state index is -0.328. The number of halogens is 1. The summed E-state index contributed by atoms with van der Waals surface area (Å²) < 4.78 is 7.55. The summed E-state index contributed by atoms with van der Waals surface area (Å²) in [7, 11) is 3.23. The minimum Gasteiger partial charge on any atom is -0.464 e. The first kappa shape index (κ1) is 11.9. The zero-order chi connectivity index (χ0) is 12.4. The number of esters is 1. The fourth-order valence-corrected chi connectivity index (χ4v) is 2.25. The van der Waals surface area contributed by atoms with Gasteiger partial charge < -0.3 is 9.30 Å². The van der Waals surface area contributed by atoms with E-state index in [2.05, 4.69) is 15.9 Å². The van der Waals surface area contributed by atoms with Crippen LogP contribution in [0.5, 0.6) is 0 Å². The van der Waals surface area contributed by atoms with Gasteiger partial charge in [0, 0.05) is 22.8 Å². The molecular formula is C13H12BrNO2. The smallest absolute Gasteiger partial charge is 0.354 e. The van der Waals surface area contributed by atoms with Crippen LogP contribution in [0.15, 0.2) is 40.9 Å². The summed E-state index contributed by atoms with van der Waals surface area (Å²) in [6, 6.07) is 11.6. The number of carbonyl (C=O) groups is 1. The van der Waals surface area contributed by atoms with E-state index < -0.39 is 0 Å². The summed E-state index contributed by atoms with van der Waals surface area (Å²) in [6.07, 6.45) is 0. The number of rotatable bonds is 2. The fourth-order valence-electron chi connectivity index (χ4n) is 1.76. The largest absolute Gasteiger partial charge is 0.464 e. The van der Waals surface area contributed by atoms with Gasteiger partial charge in [0.25, 0.3) is 0 Å². The lowest BCUT2D eigenvalue weighted by Crippen LogP contribution is -2.08. The molecule has 0 spiro atoms. The highest BCUT2D eigenvalue weighted by molar-refractivity contribution is 9.10. The van der Waals surface area contributed by atoms with Gasteiger partial charge in [-0.2, -0.15) is 0 Å². The highest BCUT2D eigenvalue weighted by atomic mass is 79.9. The predicted octanol–water partition coefficient (Wildman–Crippen LogP) is 3.24. The van der Waals surface area contributed by atoms with Gasteiger partial charge in [-0.25, -0.2) is 4.79 Å². The highest BCUT2D eigenvalue weighted by Gasteiger charge is 2.14. The van der Waals surface area contributed by atoms with Gasteiger partial charge in [0.05, 0.1) is 7.11 Å². The normalized spacial score (nSPS) is 10.3. The Morgan fingerprint density at radius 3 is 2.59 bits per heavy atom. The van der Waals surface area contributed by atoms with Crippen molar-refractivity contribution in [3.05, 3.63) is 46.6 Å². The van der Waals surface area contributed by atoms with E-state index in [-0.39, 0.29) is 5.97 Å². The third-order valence-electron chi connectivity index (χ3n) is 2.67. The standard InChI is InChI=1S/C13H12BrNO2/c1-15-11(7-8-12(15)13(16)17-2)9-5-3-4-6-10(9)14/h3-8H,1-2H3. The third-order valence-corrected chi connectivity index (χ3v) is 3.36. The maximum Gasteiger partial charge on any atom is 0.354 e. The minimum absolute atomic E-state index is 0.328. The van der Waals surface area contributed by atoms with Gasteiger partial charge in [-0.1, -0.05) is 34.1 Å². The van der Waals surface area contributed by atoms with E-state index in [1.54, 1.807) is 6.07 Å². The van der Waals surface area contributed by atoms with Crippen molar-refractivity contribution >= 4 is 21.9 Å². The van der Waals surface area contributed by atoms with E-state index in [0.717, 1.165) is 15.7 Å². The van der Waals surface area contributed by atoms with E-state index >= 15 is 0 Å². The summed E-state index contributed by atoms with van der Waals surface area (Å²) in [5, 5.41) is 0. The van der Waals surface area contributed by atoms with Crippen molar-refractivity contribution in [2.45, 2.75) is 0 Å². The molecule has 2 aromatic rings. The van der Waals surface area contributed by atoms with Crippen LogP contribution in [-0.2, 0) is 11.8 Å². The lowest BCUT2D eigenvalue weighted by atomic mass is 10.1. The molecular weight excluding hydrogens is 282 g/mol. The number of hydrogen-bond donors (Lipinski definition) is 0. The Labute approximate surface area is 108 Å². The van der Waals surface area contributed by atoms with Crippen molar-refractivity contribution in [1.29, 1.82) is 0 Å². The van der Waals surface area contributed by atoms with Crippen molar-refractivity contribution in [2.24, 2.45) is 7.05 Å². The topological polar surface area (TPSA) is 31.2 Å². The van der Waals surface area contributed by atoms with E-state index in [4.69, 9.17) is 4.74 Å². The fraction of sp³-hybridized carbons (Fsp3) is 0.154. The Hall–Kier alpha value is -1.55. The van der Waals surface area contributed by atoms with Crippen LogP contribution in [0.3, 0.4) is 0 Å². The van der Waals surface area contributed by atoms with Crippen molar-refractivity contribution < 1.29 is 9.53 Å². The van der Waals surface area contributed by atoms with Crippen molar-refractivity contribution in [3.63, 3.8) is 0 Å². The summed E-state index contributed by atoms with van der Waals surface area (Å²) >= 11 is 3.50. The van der Waals surface area contributed by atoms with Gasteiger partial charge in [0.15, 0.2) is 0 Å². The first-order valence-electron chi connectivity index (χ1n) is 5.14. The van der Waals surface area contributed by atoms with E-state index in [1.165, 1.54) is 7.11 Å². The number of methoxy groups -OCH3 is 1. The molecule has 0 bridgehead atoms. The molecule has 1 heterocycles. The molecule has 0 saturated carbocycles. The van der Waals surface area contributed by atoms with Crippen LogP contribution < -0.4 is 0 Å². The second-order valence-electron chi connectivity index (χ2n) is 3.63. The SMILES string of the molecule is COC(=O)c1ccc(-c2ccccc2Br)n1C. The summed E-state index contributed by atoms with van der Waals surface area (Å²) in [5.74, 6) is -0.328.